The molecule has 2 rings (SSSR count). The summed E-state index contributed by atoms with van der Waals surface area (Å²) in [5, 5.41) is 5.49. The lowest BCUT2D eigenvalue weighted by Crippen LogP contribution is -2.39. The molecule has 0 fully saturated rings. The zero-order valence-corrected chi connectivity index (χ0v) is 17.7. The van der Waals surface area contributed by atoms with Gasteiger partial charge in [-0.1, -0.05) is 24.3 Å². The van der Waals surface area contributed by atoms with Crippen LogP contribution in [0.2, 0.25) is 0 Å². The molecule has 0 aliphatic rings. The van der Waals surface area contributed by atoms with Gasteiger partial charge in [-0.05, 0) is 44.2 Å². The van der Waals surface area contributed by atoms with E-state index in [4.69, 9.17) is 9.47 Å². The molecule has 0 radical (unpaired) electrons. The average molecular weight is 399 g/mol. The van der Waals surface area contributed by atoms with Crippen molar-refractivity contribution in [2.24, 2.45) is 0 Å². The second kappa shape index (κ2) is 10.5. The van der Waals surface area contributed by atoms with Gasteiger partial charge in [-0.3, -0.25) is 14.5 Å². The number of nitrogens with zero attached hydrogens (tertiary/aromatic N) is 1. The maximum atomic E-state index is 12.2. The minimum absolute atomic E-state index is 0.0808. The normalized spacial score (nSPS) is 10.6. The van der Waals surface area contributed by atoms with Gasteiger partial charge >= 0.3 is 0 Å². The monoisotopic (exact) mass is 399 g/mol. The summed E-state index contributed by atoms with van der Waals surface area (Å²) in [7, 11) is 5.00. The van der Waals surface area contributed by atoms with E-state index < -0.39 is 0 Å². The highest BCUT2D eigenvalue weighted by Gasteiger charge is 2.14. The van der Waals surface area contributed by atoms with E-state index in [1.54, 1.807) is 14.2 Å². The Morgan fingerprint density at radius 3 is 2.41 bits per heavy atom. The number of nitrogens with one attached hydrogen (secondary N) is 2. The first-order valence-corrected chi connectivity index (χ1v) is 9.36. The molecule has 2 N–H and O–H groups in total. The summed E-state index contributed by atoms with van der Waals surface area (Å²) in [5.74, 6) is 0.802. The highest BCUT2D eigenvalue weighted by molar-refractivity contribution is 5.95. The molecule has 156 valence electrons. The predicted octanol–water partition coefficient (Wildman–Crippen LogP) is 2.51. The Labute approximate surface area is 172 Å². The minimum Gasteiger partial charge on any atom is -0.493 e. The predicted molar refractivity (Wildman–Crippen MR) is 113 cm³/mol. The third-order valence-corrected chi connectivity index (χ3v) is 4.66. The molecule has 0 aliphatic heterocycles. The Morgan fingerprint density at radius 1 is 1.00 bits per heavy atom. The number of hydrogen-bond donors (Lipinski definition) is 2. The standard InChI is InChI=1S/C22H29N3O4/c1-15-8-6-10-18(16(15)2)24-20(26)12-23-21(27)14-25(3)13-17-9-7-11-19(28-4)22(17)29-5/h6-11H,12-14H2,1-5H3,(H,23,27)(H,24,26). The zero-order chi connectivity index (χ0) is 21.4. The lowest BCUT2D eigenvalue weighted by atomic mass is 10.1. The Bertz CT molecular complexity index is 867. The number of anilines is 1. The molecule has 0 aromatic heterocycles. The minimum atomic E-state index is -0.260. The SMILES string of the molecule is COc1cccc(CN(C)CC(=O)NCC(=O)Nc2cccc(C)c2C)c1OC. The summed E-state index contributed by atoms with van der Waals surface area (Å²) >= 11 is 0. The first-order valence-electron chi connectivity index (χ1n) is 9.36. The smallest absolute Gasteiger partial charge is 0.243 e. The Hall–Kier alpha value is -3.06. The van der Waals surface area contributed by atoms with Crippen molar-refractivity contribution in [3.05, 3.63) is 53.1 Å². The van der Waals surface area contributed by atoms with E-state index in [0.717, 1.165) is 22.4 Å². The average Bonchev–Trinajstić information content (AvgIpc) is 2.69. The van der Waals surface area contributed by atoms with Crippen molar-refractivity contribution in [1.82, 2.24) is 10.2 Å². The van der Waals surface area contributed by atoms with Crippen molar-refractivity contribution >= 4 is 17.5 Å². The number of benzene rings is 2. The van der Waals surface area contributed by atoms with Crippen LogP contribution in [-0.2, 0) is 16.1 Å². The Balaban J connectivity index is 1.84. The third-order valence-electron chi connectivity index (χ3n) is 4.66. The van der Waals surface area contributed by atoms with Crippen molar-refractivity contribution in [3.8, 4) is 11.5 Å². The van der Waals surface area contributed by atoms with Crippen LogP contribution < -0.4 is 20.1 Å². The van der Waals surface area contributed by atoms with Crippen LogP contribution in [0, 0.1) is 13.8 Å². The summed E-state index contributed by atoms with van der Waals surface area (Å²) in [4.78, 5) is 26.2. The molecule has 0 unspecified atom stereocenters. The summed E-state index contributed by atoms with van der Waals surface area (Å²) in [6.45, 7) is 4.51. The van der Waals surface area contributed by atoms with Gasteiger partial charge in [-0.2, -0.15) is 0 Å². The van der Waals surface area contributed by atoms with E-state index in [0.29, 0.717) is 18.0 Å². The van der Waals surface area contributed by atoms with Gasteiger partial charge in [-0.15, -0.1) is 0 Å². The van der Waals surface area contributed by atoms with Crippen LogP contribution in [0.3, 0.4) is 0 Å². The second-order valence-corrected chi connectivity index (χ2v) is 6.90. The van der Waals surface area contributed by atoms with Gasteiger partial charge in [0.15, 0.2) is 11.5 Å². The number of para-hydroxylation sites is 1. The zero-order valence-electron chi connectivity index (χ0n) is 17.7. The van der Waals surface area contributed by atoms with E-state index >= 15 is 0 Å². The molecule has 29 heavy (non-hydrogen) atoms. The van der Waals surface area contributed by atoms with Crippen molar-refractivity contribution < 1.29 is 19.1 Å². The number of rotatable bonds is 9. The molecule has 7 nitrogen and oxygen atoms in total. The van der Waals surface area contributed by atoms with Crippen molar-refractivity contribution in [3.63, 3.8) is 0 Å². The quantitative estimate of drug-likeness (QED) is 0.677. The van der Waals surface area contributed by atoms with Crippen LogP contribution in [0.4, 0.5) is 5.69 Å². The largest absolute Gasteiger partial charge is 0.493 e. The lowest BCUT2D eigenvalue weighted by Gasteiger charge is -2.19. The molecule has 2 aromatic rings. The summed E-state index contributed by atoms with van der Waals surface area (Å²) in [5.41, 5.74) is 3.78. The van der Waals surface area contributed by atoms with Crippen LogP contribution in [0.25, 0.3) is 0 Å². The molecular formula is C22H29N3O4. The molecule has 0 heterocycles. The van der Waals surface area contributed by atoms with Crippen molar-refractivity contribution in [1.29, 1.82) is 0 Å². The fourth-order valence-electron chi connectivity index (χ4n) is 2.99. The van der Waals surface area contributed by atoms with E-state index in [2.05, 4.69) is 10.6 Å². The molecule has 2 amide bonds. The van der Waals surface area contributed by atoms with Gasteiger partial charge in [0.05, 0.1) is 27.3 Å². The van der Waals surface area contributed by atoms with E-state index in [1.807, 2.05) is 62.2 Å². The van der Waals surface area contributed by atoms with Crippen LogP contribution >= 0.6 is 0 Å². The fraction of sp³-hybridized carbons (Fsp3) is 0.364. The van der Waals surface area contributed by atoms with Gasteiger partial charge in [0.25, 0.3) is 0 Å². The van der Waals surface area contributed by atoms with E-state index in [9.17, 15) is 9.59 Å². The molecule has 0 bridgehead atoms. The van der Waals surface area contributed by atoms with Gasteiger partial charge in [0.1, 0.15) is 0 Å². The number of aryl methyl sites for hydroxylation is 1. The molecular weight excluding hydrogens is 370 g/mol. The van der Waals surface area contributed by atoms with E-state index in [-0.39, 0.29) is 24.9 Å². The fourth-order valence-corrected chi connectivity index (χ4v) is 2.99. The number of carbonyl (C=O) groups excluding carboxylic acids is 2. The van der Waals surface area contributed by atoms with Crippen molar-refractivity contribution in [2.45, 2.75) is 20.4 Å². The maximum Gasteiger partial charge on any atom is 0.243 e. The lowest BCUT2D eigenvalue weighted by molar-refractivity contribution is -0.124. The number of amides is 2. The van der Waals surface area contributed by atoms with Gasteiger partial charge in [-0.25, -0.2) is 0 Å². The first-order chi connectivity index (χ1) is 13.8. The second-order valence-electron chi connectivity index (χ2n) is 6.90. The molecule has 2 aromatic carbocycles. The molecule has 0 saturated heterocycles. The highest BCUT2D eigenvalue weighted by atomic mass is 16.5. The maximum absolute atomic E-state index is 12.2. The Morgan fingerprint density at radius 2 is 1.72 bits per heavy atom. The number of hydrogen-bond acceptors (Lipinski definition) is 5. The van der Waals surface area contributed by atoms with Gasteiger partial charge < -0.3 is 20.1 Å². The molecule has 0 spiro atoms. The number of likely N-dealkylation sites (N-methyl/N-ethyl adjacent to an activating group) is 1. The molecule has 0 saturated carbocycles. The summed E-state index contributed by atoms with van der Waals surface area (Å²) < 4.78 is 10.7. The molecule has 7 heteroatoms. The first kappa shape index (κ1) is 22.2. The van der Waals surface area contributed by atoms with Gasteiger partial charge in [0, 0.05) is 17.8 Å². The highest BCUT2D eigenvalue weighted by Crippen LogP contribution is 2.31. The topological polar surface area (TPSA) is 79.9 Å². The summed E-state index contributed by atoms with van der Waals surface area (Å²) in [6, 6.07) is 11.3. The molecule has 0 aliphatic carbocycles. The van der Waals surface area contributed by atoms with Crippen molar-refractivity contribution in [2.75, 3.05) is 39.7 Å². The molecule has 0 atom stereocenters. The van der Waals surface area contributed by atoms with E-state index in [1.165, 1.54) is 0 Å². The third kappa shape index (κ3) is 6.22. The van der Waals surface area contributed by atoms with Crippen LogP contribution in [0.15, 0.2) is 36.4 Å². The van der Waals surface area contributed by atoms with Crippen LogP contribution in [0.5, 0.6) is 11.5 Å². The van der Waals surface area contributed by atoms with Gasteiger partial charge in [0.2, 0.25) is 11.8 Å². The Kier molecular flexibility index (Phi) is 8.03. The van der Waals surface area contributed by atoms with Crippen LogP contribution in [-0.4, -0.2) is 51.1 Å². The number of carbonyl (C=O) groups is 2. The van der Waals surface area contributed by atoms with Crippen LogP contribution in [0.1, 0.15) is 16.7 Å². The number of methoxy groups -OCH3 is 2. The summed E-state index contributed by atoms with van der Waals surface area (Å²) in [6.07, 6.45) is 0. The number of ether oxygens (including phenoxy) is 2.